The number of hydrogen-bond donors (Lipinski definition) is 1. The van der Waals surface area contributed by atoms with Crippen LogP contribution in [0.1, 0.15) is 20.3 Å². The van der Waals surface area contributed by atoms with Crippen LogP contribution in [0.4, 0.5) is 0 Å². The molecule has 0 aliphatic rings. The number of rotatable bonds is 6. The molecule has 0 aliphatic heterocycles. The van der Waals surface area contributed by atoms with Crippen LogP contribution >= 0.6 is 0 Å². The number of methoxy groups -OCH3 is 1. The highest BCUT2D eigenvalue weighted by molar-refractivity contribution is 5.69. The van der Waals surface area contributed by atoms with Gasteiger partial charge in [-0.15, -0.1) is 0 Å². The summed E-state index contributed by atoms with van der Waals surface area (Å²) in [7, 11) is 1.40. The smallest absolute Gasteiger partial charge is 0.307 e. The van der Waals surface area contributed by atoms with E-state index in [-0.39, 0.29) is 18.1 Å². The molecule has 1 heterocycles. The molecular formula is C11H19N3O2. The van der Waals surface area contributed by atoms with E-state index in [1.165, 1.54) is 7.11 Å². The van der Waals surface area contributed by atoms with Gasteiger partial charge in [0, 0.05) is 24.5 Å². The minimum Gasteiger partial charge on any atom is -0.469 e. The Morgan fingerprint density at radius 2 is 2.25 bits per heavy atom. The first-order valence-corrected chi connectivity index (χ1v) is 5.42. The zero-order valence-corrected chi connectivity index (χ0v) is 10.0. The van der Waals surface area contributed by atoms with Gasteiger partial charge in [0.15, 0.2) is 0 Å². The molecular weight excluding hydrogens is 206 g/mol. The summed E-state index contributed by atoms with van der Waals surface area (Å²) in [6.07, 6.45) is 4.06. The molecule has 0 bridgehead atoms. The van der Waals surface area contributed by atoms with Crippen molar-refractivity contribution in [2.45, 2.75) is 38.9 Å². The maximum absolute atomic E-state index is 11.0. The molecule has 0 aromatic carbocycles. The van der Waals surface area contributed by atoms with Gasteiger partial charge in [-0.05, 0) is 19.9 Å². The Bertz CT molecular complexity index is 311. The Hall–Kier alpha value is -1.36. The Labute approximate surface area is 95.8 Å². The number of nitrogens with zero attached hydrogens (tertiary/aromatic N) is 2. The van der Waals surface area contributed by atoms with Gasteiger partial charge in [0.05, 0.1) is 20.1 Å². The molecule has 0 saturated carbocycles. The van der Waals surface area contributed by atoms with Crippen molar-refractivity contribution in [2.75, 3.05) is 7.11 Å². The van der Waals surface area contributed by atoms with Crippen molar-refractivity contribution < 1.29 is 9.53 Å². The highest BCUT2D eigenvalue weighted by atomic mass is 16.5. The highest BCUT2D eigenvalue weighted by Crippen LogP contribution is 1.97. The molecule has 0 amide bonds. The van der Waals surface area contributed by atoms with E-state index in [2.05, 4.69) is 22.1 Å². The Morgan fingerprint density at radius 1 is 1.50 bits per heavy atom. The van der Waals surface area contributed by atoms with E-state index in [4.69, 9.17) is 0 Å². The van der Waals surface area contributed by atoms with Crippen LogP contribution in [0.2, 0.25) is 0 Å². The predicted octanol–water partition coefficient (Wildman–Crippen LogP) is 0.813. The van der Waals surface area contributed by atoms with E-state index < -0.39 is 0 Å². The lowest BCUT2D eigenvalue weighted by Crippen LogP contribution is -2.38. The van der Waals surface area contributed by atoms with E-state index in [0.717, 1.165) is 6.54 Å². The second kappa shape index (κ2) is 6.27. The van der Waals surface area contributed by atoms with E-state index >= 15 is 0 Å². The maximum atomic E-state index is 11.0. The molecule has 0 aliphatic carbocycles. The van der Waals surface area contributed by atoms with Gasteiger partial charge < -0.3 is 10.1 Å². The van der Waals surface area contributed by atoms with Crippen molar-refractivity contribution in [3.63, 3.8) is 0 Å². The standard InChI is InChI=1S/C11H19N3O2/c1-9(7-11(15)16-3)13-10(2)8-14-6-4-5-12-14/h4-6,9-10,13H,7-8H2,1-3H3. The summed E-state index contributed by atoms with van der Waals surface area (Å²) in [4.78, 5) is 11.0. The Balaban J connectivity index is 2.28. The third-order valence-corrected chi connectivity index (χ3v) is 2.29. The monoisotopic (exact) mass is 225 g/mol. The lowest BCUT2D eigenvalue weighted by Gasteiger charge is -2.19. The molecule has 1 N–H and O–H groups in total. The van der Waals surface area contributed by atoms with Gasteiger partial charge in [0.1, 0.15) is 0 Å². The lowest BCUT2D eigenvalue weighted by atomic mass is 10.2. The molecule has 0 spiro atoms. The average molecular weight is 225 g/mol. The average Bonchev–Trinajstić information content (AvgIpc) is 2.69. The molecule has 5 nitrogen and oxygen atoms in total. The summed E-state index contributed by atoms with van der Waals surface area (Å²) in [6.45, 7) is 4.82. The van der Waals surface area contributed by atoms with Gasteiger partial charge in [-0.25, -0.2) is 0 Å². The van der Waals surface area contributed by atoms with E-state index in [1.54, 1.807) is 6.20 Å². The fourth-order valence-corrected chi connectivity index (χ4v) is 1.62. The van der Waals surface area contributed by atoms with Crippen molar-refractivity contribution in [2.24, 2.45) is 0 Å². The first kappa shape index (κ1) is 12.7. The number of esters is 1. The van der Waals surface area contributed by atoms with Crippen LogP contribution in [-0.2, 0) is 16.1 Å². The minimum absolute atomic E-state index is 0.109. The Kier molecular flexibility index (Phi) is 4.98. The van der Waals surface area contributed by atoms with E-state index in [9.17, 15) is 4.79 Å². The second-order valence-electron chi connectivity index (χ2n) is 3.98. The van der Waals surface area contributed by atoms with Crippen LogP contribution in [0.5, 0.6) is 0 Å². The normalized spacial score (nSPS) is 14.4. The van der Waals surface area contributed by atoms with Gasteiger partial charge in [0.25, 0.3) is 0 Å². The van der Waals surface area contributed by atoms with Crippen LogP contribution in [-0.4, -0.2) is 34.9 Å². The van der Waals surface area contributed by atoms with Crippen molar-refractivity contribution >= 4 is 5.97 Å². The SMILES string of the molecule is COC(=O)CC(C)NC(C)Cn1cccn1. The minimum atomic E-state index is -0.189. The molecule has 1 aromatic rings. The molecule has 0 radical (unpaired) electrons. The molecule has 2 unspecified atom stereocenters. The molecule has 1 rings (SSSR count). The molecule has 0 saturated heterocycles. The highest BCUT2D eigenvalue weighted by Gasteiger charge is 2.12. The van der Waals surface area contributed by atoms with Crippen LogP contribution in [0.15, 0.2) is 18.5 Å². The van der Waals surface area contributed by atoms with Gasteiger partial charge in [-0.2, -0.15) is 5.10 Å². The quantitative estimate of drug-likeness (QED) is 0.728. The van der Waals surface area contributed by atoms with Crippen LogP contribution in [0.3, 0.4) is 0 Å². The molecule has 1 aromatic heterocycles. The zero-order valence-electron chi connectivity index (χ0n) is 10.0. The maximum Gasteiger partial charge on any atom is 0.307 e. The summed E-state index contributed by atoms with van der Waals surface area (Å²) in [5.74, 6) is -0.189. The number of nitrogens with one attached hydrogen (secondary N) is 1. The first-order valence-electron chi connectivity index (χ1n) is 5.42. The topological polar surface area (TPSA) is 56.1 Å². The number of aromatic nitrogens is 2. The van der Waals surface area contributed by atoms with Crippen LogP contribution in [0, 0.1) is 0 Å². The summed E-state index contributed by atoms with van der Waals surface area (Å²) in [6, 6.07) is 2.27. The van der Waals surface area contributed by atoms with E-state index in [1.807, 2.05) is 23.9 Å². The van der Waals surface area contributed by atoms with Gasteiger partial charge in [-0.3, -0.25) is 9.48 Å². The van der Waals surface area contributed by atoms with Gasteiger partial charge in [-0.1, -0.05) is 0 Å². The largest absolute Gasteiger partial charge is 0.469 e. The summed E-state index contributed by atoms with van der Waals surface area (Å²) in [5.41, 5.74) is 0. The van der Waals surface area contributed by atoms with E-state index in [0.29, 0.717) is 6.42 Å². The van der Waals surface area contributed by atoms with Crippen molar-refractivity contribution in [3.8, 4) is 0 Å². The second-order valence-corrected chi connectivity index (χ2v) is 3.98. The zero-order chi connectivity index (χ0) is 12.0. The predicted molar refractivity (Wildman–Crippen MR) is 60.9 cm³/mol. The number of carbonyl (C=O) groups excluding carboxylic acids is 1. The molecule has 16 heavy (non-hydrogen) atoms. The van der Waals surface area contributed by atoms with Gasteiger partial charge >= 0.3 is 5.97 Å². The number of ether oxygens (including phenoxy) is 1. The summed E-state index contributed by atoms with van der Waals surface area (Å²) < 4.78 is 6.48. The van der Waals surface area contributed by atoms with Crippen LogP contribution < -0.4 is 5.32 Å². The lowest BCUT2D eigenvalue weighted by molar-refractivity contribution is -0.141. The van der Waals surface area contributed by atoms with Crippen molar-refractivity contribution in [1.82, 2.24) is 15.1 Å². The first-order chi connectivity index (χ1) is 7.61. The molecule has 0 fully saturated rings. The molecule has 5 heteroatoms. The van der Waals surface area contributed by atoms with Crippen molar-refractivity contribution in [1.29, 1.82) is 0 Å². The Morgan fingerprint density at radius 3 is 2.81 bits per heavy atom. The fourth-order valence-electron chi connectivity index (χ4n) is 1.62. The van der Waals surface area contributed by atoms with Crippen molar-refractivity contribution in [3.05, 3.63) is 18.5 Å². The number of hydrogen-bond acceptors (Lipinski definition) is 4. The van der Waals surface area contributed by atoms with Crippen LogP contribution in [0.25, 0.3) is 0 Å². The third-order valence-electron chi connectivity index (χ3n) is 2.29. The molecule has 90 valence electrons. The third kappa shape index (κ3) is 4.44. The summed E-state index contributed by atoms with van der Waals surface area (Å²) >= 11 is 0. The fraction of sp³-hybridized carbons (Fsp3) is 0.636. The van der Waals surface area contributed by atoms with Gasteiger partial charge in [0.2, 0.25) is 0 Å². The summed E-state index contributed by atoms with van der Waals surface area (Å²) in [5, 5.41) is 7.45. The molecule has 2 atom stereocenters. The number of carbonyl (C=O) groups is 1.